The molecule has 2 aromatic rings. The smallest absolute Gasteiger partial charge is 0.358 e. The van der Waals surface area contributed by atoms with Crippen molar-refractivity contribution in [3.8, 4) is 0 Å². The average Bonchev–Trinajstić information content (AvgIpc) is 2.75. The second kappa shape index (κ2) is 5.05. The van der Waals surface area contributed by atoms with Crippen molar-refractivity contribution in [2.45, 2.75) is 13.8 Å². The van der Waals surface area contributed by atoms with Crippen molar-refractivity contribution in [3.05, 3.63) is 40.2 Å². The molecule has 0 aromatic carbocycles. The molecule has 0 aliphatic rings. The first-order valence-electron chi connectivity index (χ1n) is 5.90. The summed E-state index contributed by atoms with van der Waals surface area (Å²) in [4.78, 5) is 26.5. The van der Waals surface area contributed by atoms with E-state index in [2.05, 4.69) is 10.3 Å². The van der Waals surface area contributed by atoms with Crippen LogP contribution in [0.4, 0.5) is 5.82 Å². The van der Waals surface area contributed by atoms with Gasteiger partial charge in [0.15, 0.2) is 0 Å². The van der Waals surface area contributed by atoms with Crippen LogP contribution in [0, 0.1) is 16.0 Å². The van der Waals surface area contributed by atoms with Gasteiger partial charge in [0.1, 0.15) is 0 Å². The minimum Gasteiger partial charge on any atom is -0.358 e. The Labute approximate surface area is 109 Å². The normalized spacial score (nSPS) is 10.9. The Bertz CT molecular complexity index is 633. The first-order valence-corrected chi connectivity index (χ1v) is 5.90. The van der Waals surface area contributed by atoms with Crippen LogP contribution >= 0.6 is 0 Å². The Kier molecular flexibility index (Phi) is 3.46. The van der Waals surface area contributed by atoms with Crippen molar-refractivity contribution in [1.82, 2.24) is 14.7 Å². The molecule has 0 unspecified atom stereocenters. The van der Waals surface area contributed by atoms with Gasteiger partial charge in [0.25, 0.3) is 5.91 Å². The van der Waals surface area contributed by atoms with Crippen LogP contribution in [0.25, 0.3) is 5.65 Å². The van der Waals surface area contributed by atoms with Crippen LogP contribution in [-0.2, 0) is 0 Å². The molecule has 0 aliphatic heterocycles. The van der Waals surface area contributed by atoms with Crippen LogP contribution in [0.3, 0.4) is 0 Å². The van der Waals surface area contributed by atoms with Gasteiger partial charge in [0.2, 0.25) is 11.3 Å². The summed E-state index contributed by atoms with van der Waals surface area (Å²) in [5, 5.41) is 13.7. The monoisotopic (exact) mass is 262 g/mol. The lowest BCUT2D eigenvalue weighted by Gasteiger charge is -2.05. The average molecular weight is 262 g/mol. The van der Waals surface area contributed by atoms with Crippen LogP contribution in [0.1, 0.15) is 24.3 Å². The van der Waals surface area contributed by atoms with Gasteiger partial charge in [-0.15, -0.1) is 0 Å². The summed E-state index contributed by atoms with van der Waals surface area (Å²) in [5.41, 5.74) is 0.223. The number of aromatic nitrogens is 2. The number of amides is 1. The summed E-state index contributed by atoms with van der Waals surface area (Å²) < 4.78 is 1.30. The van der Waals surface area contributed by atoms with Crippen molar-refractivity contribution in [2.24, 2.45) is 5.92 Å². The van der Waals surface area contributed by atoms with E-state index in [-0.39, 0.29) is 17.4 Å². The number of rotatable bonds is 4. The molecule has 0 spiro atoms. The molecule has 0 saturated carbocycles. The van der Waals surface area contributed by atoms with E-state index in [9.17, 15) is 14.9 Å². The summed E-state index contributed by atoms with van der Waals surface area (Å²) in [7, 11) is 0. The quantitative estimate of drug-likeness (QED) is 0.669. The third kappa shape index (κ3) is 2.54. The Morgan fingerprint density at radius 3 is 2.89 bits per heavy atom. The molecule has 0 radical (unpaired) electrons. The predicted octanol–water partition coefficient (Wildman–Crippen LogP) is 1.63. The number of hydrogen-bond donors (Lipinski definition) is 1. The first kappa shape index (κ1) is 13.0. The summed E-state index contributed by atoms with van der Waals surface area (Å²) >= 11 is 0. The molecule has 1 amide bonds. The number of pyridine rings is 1. The maximum absolute atomic E-state index is 12.0. The van der Waals surface area contributed by atoms with Gasteiger partial charge in [-0.25, -0.2) is 0 Å². The van der Waals surface area contributed by atoms with E-state index in [1.807, 2.05) is 13.8 Å². The van der Waals surface area contributed by atoms with Crippen LogP contribution in [0.2, 0.25) is 0 Å². The highest BCUT2D eigenvalue weighted by Gasteiger charge is 2.27. The molecule has 19 heavy (non-hydrogen) atoms. The molecule has 2 heterocycles. The molecular weight excluding hydrogens is 248 g/mol. The van der Waals surface area contributed by atoms with Crippen molar-refractivity contribution in [3.63, 3.8) is 0 Å². The van der Waals surface area contributed by atoms with E-state index >= 15 is 0 Å². The molecule has 7 heteroatoms. The lowest BCUT2D eigenvalue weighted by Crippen LogP contribution is -2.28. The van der Waals surface area contributed by atoms with E-state index in [1.54, 1.807) is 18.2 Å². The van der Waals surface area contributed by atoms with Crippen LogP contribution in [0.15, 0.2) is 24.4 Å². The maximum atomic E-state index is 12.0. The zero-order chi connectivity index (χ0) is 14.0. The van der Waals surface area contributed by atoms with E-state index in [1.165, 1.54) is 10.6 Å². The maximum Gasteiger partial charge on any atom is 0.361 e. The Morgan fingerprint density at radius 1 is 1.53 bits per heavy atom. The fourth-order valence-corrected chi connectivity index (χ4v) is 1.69. The largest absolute Gasteiger partial charge is 0.361 e. The SMILES string of the molecule is CC(C)CNC(=O)c1nc2ccccn2c1[N+](=O)[O-]. The Balaban J connectivity index is 2.44. The fourth-order valence-electron chi connectivity index (χ4n) is 1.69. The number of imidazole rings is 1. The third-order valence-electron chi connectivity index (χ3n) is 2.56. The highest BCUT2D eigenvalue weighted by molar-refractivity contribution is 5.96. The number of nitrogens with one attached hydrogen (secondary N) is 1. The van der Waals surface area contributed by atoms with Gasteiger partial charge in [0.05, 0.1) is 6.20 Å². The van der Waals surface area contributed by atoms with Gasteiger partial charge >= 0.3 is 5.82 Å². The zero-order valence-corrected chi connectivity index (χ0v) is 10.7. The second-order valence-corrected chi connectivity index (χ2v) is 4.57. The standard InChI is InChI=1S/C12H14N4O3/c1-8(2)7-13-11(17)10-12(16(18)19)15-6-4-3-5-9(15)14-10/h3-6,8H,7H2,1-2H3,(H,13,17). The van der Waals surface area contributed by atoms with E-state index in [4.69, 9.17) is 0 Å². The lowest BCUT2D eigenvalue weighted by molar-refractivity contribution is -0.390. The second-order valence-electron chi connectivity index (χ2n) is 4.57. The van der Waals surface area contributed by atoms with Crippen molar-refractivity contribution in [1.29, 1.82) is 0 Å². The molecule has 0 saturated heterocycles. The van der Waals surface area contributed by atoms with Crippen LogP contribution in [0.5, 0.6) is 0 Å². The number of carbonyl (C=O) groups is 1. The molecule has 100 valence electrons. The Morgan fingerprint density at radius 2 is 2.26 bits per heavy atom. The highest BCUT2D eigenvalue weighted by atomic mass is 16.6. The van der Waals surface area contributed by atoms with Gasteiger partial charge < -0.3 is 15.4 Å². The van der Waals surface area contributed by atoms with Gasteiger partial charge in [0, 0.05) is 12.6 Å². The van der Waals surface area contributed by atoms with E-state index in [0.29, 0.717) is 12.2 Å². The summed E-state index contributed by atoms with van der Waals surface area (Å²) in [5.74, 6) is -0.569. The number of nitrogens with zero attached hydrogens (tertiary/aromatic N) is 3. The minimum absolute atomic E-state index is 0.156. The molecule has 0 bridgehead atoms. The molecule has 7 nitrogen and oxygen atoms in total. The van der Waals surface area contributed by atoms with Gasteiger partial charge in [-0.05, 0) is 16.9 Å². The Hall–Kier alpha value is -2.44. The highest BCUT2D eigenvalue weighted by Crippen LogP contribution is 2.20. The number of carbonyl (C=O) groups excluding carboxylic acids is 1. The summed E-state index contributed by atoms with van der Waals surface area (Å²) in [6, 6.07) is 4.98. The molecule has 2 rings (SSSR count). The first-order chi connectivity index (χ1) is 9.00. The van der Waals surface area contributed by atoms with E-state index in [0.717, 1.165) is 0 Å². The van der Waals surface area contributed by atoms with Crippen molar-refractivity contribution < 1.29 is 9.72 Å². The van der Waals surface area contributed by atoms with Crippen molar-refractivity contribution >= 4 is 17.4 Å². The number of fused-ring (bicyclic) bond motifs is 1. The lowest BCUT2D eigenvalue weighted by atomic mass is 10.2. The minimum atomic E-state index is -0.593. The fraction of sp³-hybridized carbons (Fsp3) is 0.333. The van der Waals surface area contributed by atoms with Crippen LogP contribution in [-0.4, -0.2) is 26.8 Å². The molecule has 0 fully saturated rings. The zero-order valence-electron chi connectivity index (χ0n) is 10.7. The predicted molar refractivity (Wildman–Crippen MR) is 69.0 cm³/mol. The van der Waals surface area contributed by atoms with Crippen molar-refractivity contribution in [2.75, 3.05) is 6.54 Å². The van der Waals surface area contributed by atoms with E-state index < -0.39 is 10.8 Å². The topological polar surface area (TPSA) is 89.5 Å². The van der Waals surface area contributed by atoms with Gasteiger partial charge in [-0.1, -0.05) is 19.9 Å². The van der Waals surface area contributed by atoms with Gasteiger partial charge in [-0.3, -0.25) is 4.79 Å². The van der Waals surface area contributed by atoms with Crippen LogP contribution < -0.4 is 5.32 Å². The molecule has 1 N–H and O–H groups in total. The molecule has 0 aliphatic carbocycles. The summed E-state index contributed by atoms with van der Waals surface area (Å²) in [6.07, 6.45) is 1.51. The molecule has 2 aromatic heterocycles. The van der Waals surface area contributed by atoms with Gasteiger partial charge in [-0.2, -0.15) is 9.38 Å². The molecular formula is C12H14N4O3. The number of hydrogen-bond acceptors (Lipinski definition) is 4. The number of nitro groups is 1. The molecule has 0 atom stereocenters. The summed E-state index contributed by atoms with van der Waals surface area (Å²) in [6.45, 7) is 4.33. The third-order valence-corrected chi connectivity index (χ3v) is 2.56.